The second-order valence-electron chi connectivity index (χ2n) is 4.05. The summed E-state index contributed by atoms with van der Waals surface area (Å²) in [4.78, 5) is 11.0. The average Bonchev–Trinajstić information content (AvgIpc) is 2.69. The molecule has 72 valence electrons. The minimum absolute atomic E-state index is 0.280. The molecule has 0 unspecified atom stereocenters. The zero-order valence-corrected chi connectivity index (χ0v) is 7.75. The first-order valence-electron chi connectivity index (χ1n) is 4.81. The molecule has 0 saturated carbocycles. The standard InChI is InChI=1S/C11H11NO2/c13-10-12-7-11(14-10)5-8-3-1-2-4-9(8)6-11/h1-4H,5-7H2,(H,12,13). The molecule has 0 radical (unpaired) electrons. The van der Waals surface area contributed by atoms with Gasteiger partial charge in [-0.2, -0.15) is 0 Å². The Morgan fingerprint density at radius 1 is 1.21 bits per heavy atom. The molecule has 1 heterocycles. The van der Waals surface area contributed by atoms with E-state index < -0.39 is 0 Å². The van der Waals surface area contributed by atoms with Crippen LogP contribution in [0.15, 0.2) is 24.3 Å². The molecule has 3 rings (SSSR count). The third-order valence-electron chi connectivity index (χ3n) is 3.01. The van der Waals surface area contributed by atoms with Crippen LogP contribution >= 0.6 is 0 Å². The zero-order chi connectivity index (χ0) is 9.60. The molecule has 1 amide bonds. The van der Waals surface area contributed by atoms with E-state index in [1.807, 2.05) is 12.1 Å². The Morgan fingerprint density at radius 2 is 1.86 bits per heavy atom. The first-order chi connectivity index (χ1) is 6.77. The van der Waals surface area contributed by atoms with Gasteiger partial charge in [-0.15, -0.1) is 0 Å². The van der Waals surface area contributed by atoms with Crippen LogP contribution in [0.3, 0.4) is 0 Å². The maximum absolute atomic E-state index is 11.0. The van der Waals surface area contributed by atoms with E-state index in [9.17, 15) is 4.79 Å². The lowest BCUT2D eigenvalue weighted by Crippen LogP contribution is -2.33. The summed E-state index contributed by atoms with van der Waals surface area (Å²) >= 11 is 0. The number of alkyl carbamates (subject to hydrolysis) is 1. The van der Waals surface area contributed by atoms with Crippen LogP contribution in [0.5, 0.6) is 0 Å². The fourth-order valence-electron chi connectivity index (χ4n) is 2.36. The Balaban J connectivity index is 1.94. The molecule has 0 bridgehead atoms. The zero-order valence-electron chi connectivity index (χ0n) is 7.75. The molecule has 3 heteroatoms. The van der Waals surface area contributed by atoms with Crippen molar-refractivity contribution in [2.24, 2.45) is 0 Å². The van der Waals surface area contributed by atoms with Gasteiger partial charge in [0.05, 0.1) is 6.54 Å². The van der Waals surface area contributed by atoms with Crippen molar-refractivity contribution in [2.75, 3.05) is 6.54 Å². The smallest absolute Gasteiger partial charge is 0.407 e. The van der Waals surface area contributed by atoms with Crippen LogP contribution < -0.4 is 5.32 Å². The molecular weight excluding hydrogens is 178 g/mol. The lowest BCUT2D eigenvalue weighted by atomic mass is 10.0. The molecule has 1 aliphatic heterocycles. The lowest BCUT2D eigenvalue weighted by molar-refractivity contribution is 0.0657. The molecule has 1 aromatic rings. The Labute approximate surface area is 82.1 Å². The Bertz CT molecular complexity index is 375. The Hall–Kier alpha value is -1.51. The highest BCUT2D eigenvalue weighted by atomic mass is 16.6. The summed E-state index contributed by atoms with van der Waals surface area (Å²) in [6.45, 7) is 0.639. The van der Waals surface area contributed by atoms with Gasteiger partial charge in [0.1, 0.15) is 5.60 Å². The summed E-state index contributed by atoms with van der Waals surface area (Å²) in [5, 5.41) is 2.73. The average molecular weight is 189 g/mol. The van der Waals surface area contributed by atoms with Gasteiger partial charge in [-0.3, -0.25) is 0 Å². The van der Waals surface area contributed by atoms with Crippen molar-refractivity contribution in [3.63, 3.8) is 0 Å². The third-order valence-corrected chi connectivity index (χ3v) is 3.01. The van der Waals surface area contributed by atoms with E-state index in [0.29, 0.717) is 6.54 Å². The largest absolute Gasteiger partial charge is 0.440 e. The van der Waals surface area contributed by atoms with Crippen molar-refractivity contribution in [1.82, 2.24) is 5.32 Å². The van der Waals surface area contributed by atoms with Gasteiger partial charge >= 0.3 is 6.09 Å². The van der Waals surface area contributed by atoms with E-state index >= 15 is 0 Å². The van der Waals surface area contributed by atoms with Gasteiger partial charge in [0.25, 0.3) is 0 Å². The molecule has 1 spiro atoms. The summed E-state index contributed by atoms with van der Waals surface area (Å²) in [6.07, 6.45) is 1.42. The quantitative estimate of drug-likeness (QED) is 0.667. The van der Waals surface area contributed by atoms with Crippen molar-refractivity contribution in [3.05, 3.63) is 35.4 Å². The fourth-order valence-corrected chi connectivity index (χ4v) is 2.36. The van der Waals surface area contributed by atoms with Gasteiger partial charge in [-0.25, -0.2) is 4.79 Å². The monoisotopic (exact) mass is 189 g/mol. The van der Waals surface area contributed by atoms with Crippen molar-refractivity contribution >= 4 is 6.09 Å². The molecule has 3 nitrogen and oxygen atoms in total. The van der Waals surface area contributed by atoms with E-state index in [4.69, 9.17) is 4.74 Å². The van der Waals surface area contributed by atoms with Gasteiger partial charge in [-0.05, 0) is 11.1 Å². The first-order valence-corrected chi connectivity index (χ1v) is 4.81. The van der Waals surface area contributed by atoms with Gasteiger partial charge in [0.2, 0.25) is 0 Å². The van der Waals surface area contributed by atoms with Crippen molar-refractivity contribution in [1.29, 1.82) is 0 Å². The van der Waals surface area contributed by atoms with E-state index in [2.05, 4.69) is 17.4 Å². The number of benzene rings is 1. The van der Waals surface area contributed by atoms with Crippen LogP contribution in [0.4, 0.5) is 4.79 Å². The maximum Gasteiger partial charge on any atom is 0.407 e. The second-order valence-corrected chi connectivity index (χ2v) is 4.05. The van der Waals surface area contributed by atoms with Crippen LogP contribution in [0.2, 0.25) is 0 Å². The predicted octanol–water partition coefficient (Wildman–Crippen LogP) is 1.26. The van der Waals surface area contributed by atoms with Gasteiger partial charge in [0, 0.05) is 12.8 Å². The number of hydrogen-bond acceptors (Lipinski definition) is 2. The molecular formula is C11H11NO2. The molecule has 1 aromatic carbocycles. The van der Waals surface area contributed by atoms with Crippen LogP contribution in [-0.4, -0.2) is 18.2 Å². The molecule has 14 heavy (non-hydrogen) atoms. The van der Waals surface area contributed by atoms with E-state index in [1.165, 1.54) is 11.1 Å². The third kappa shape index (κ3) is 1.02. The van der Waals surface area contributed by atoms with E-state index in [0.717, 1.165) is 12.8 Å². The summed E-state index contributed by atoms with van der Waals surface area (Å²) in [5.41, 5.74) is 2.33. The highest BCUT2D eigenvalue weighted by molar-refractivity contribution is 5.70. The van der Waals surface area contributed by atoms with Crippen LogP contribution in [0.25, 0.3) is 0 Å². The topological polar surface area (TPSA) is 38.3 Å². The van der Waals surface area contributed by atoms with Crippen molar-refractivity contribution in [2.45, 2.75) is 18.4 Å². The highest BCUT2D eigenvalue weighted by Gasteiger charge is 2.44. The number of fused-ring (bicyclic) bond motifs is 1. The number of hydrogen-bond donors (Lipinski definition) is 1. The van der Waals surface area contributed by atoms with E-state index in [-0.39, 0.29) is 11.7 Å². The lowest BCUT2D eigenvalue weighted by Gasteiger charge is -2.18. The van der Waals surface area contributed by atoms with Crippen LogP contribution in [0.1, 0.15) is 11.1 Å². The highest BCUT2D eigenvalue weighted by Crippen LogP contribution is 2.34. The molecule has 1 N–H and O–H groups in total. The molecule has 2 aliphatic rings. The molecule has 0 aromatic heterocycles. The number of carbonyl (C=O) groups is 1. The number of amides is 1. The SMILES string of the molecule is O=C1NCC2(Cc3ccccc3C2)O1. The first kappa shape index (κ1) is 7.85. The summed E-state index contributed by atoms with van der Waals surface area (Å²) in [7, 11) is 0. The minimum Gasteiger partial charge on any atom is -0.440 e. The predicted molar refractivity (Wildman–Crippen MR) is 51.1 cm³/mol. The summed E-state index contributed by atoms with van der Waals surface area (Å²) in [5.74, 6) is 0. The Morgan fingerprint density at radius 3 is 2.36 bits per heavy atom. The fraction of sp³-hybridized carbons (Fsp3) is 0.364. The minimum atomic E-state index is -0.291. The van der Waals surface area contributed by atoms with E-state index in [1.54, 1.807) is 0 Å². The molecule has 1 saturated heterocycles. The molecule has 0 atom stereocenters. The molecule has 1 aliphatic carbocycles. The van der Waals surface area contributed by atoms with Gasteiger partial charge in [0.15, 0.2) is 0 Å². The van der Waals surface area contributed by atoms with Crippen molar-refractivity contribution in [3.8, 4) is 0 Å². The Kier molecular flexibility index (Phi) is 1.40. The number of carbonyl (C=O) groups excluding carboxylic acids is 1. The maximum atomic E-state index is 11.0. The number of ether oxygens (including phenoxy) is 1. The van der Waals surface area contributed by atoms with Crippen molar-refractivity contribution < 1.29 is 9.53 Å². The molecule has 1 fully saturated rings. The van der Waals surface area contributed by atoms with Crippen LogP contribution in [-0.2, 0) is 17.6 Å². The van der Waals surface area contributed by atoms with Crippen LogP contribution in [0, 0.1) is 0 Å². The summed E-state index contributed by atoms with van der Waals surface area (Å²) in [6, 6.07) is 8.27. The number of rotatable bonds is 0. The van der Waals surface area contributed by atoms with Gasteiger partial charge < -0.3 is 10.1 Å². The number of nitrogens with one attached hydrogen (secondary N) is 1. The normalized spacial score (nSPS) is 21.9. The summed E-state index contributed by atoms with van der Waals surface area (Å²) < 4.78 is 5.34. The second kappa shape index (κ2) is 2.50. The van der Waals surface area contributed by atoms with Gasteiger partial charge in [-0.1, -0.05) is 24.3 Å².